The molecule has 0 aliphatic heterocycles. The van der Waals surface area contributed by atoms with Crippen molar-refractivity contribution in [1.82, 2.24) is 0 Å². The SMILES string of the molecule is OC(c1ccc(Br)c(Br)c1)c1cc(Br)ccc1F. The zero-order chi connectivity index (χ0) is 13.3. The predicted molar refractivity (Wildman–Crippen MR) is 80.0 cm³/mol. The monoisotopic (exact) mass is 436 g/mol. The van der Waals surface area contributed by atoms with Crippen molar-refractivity contribution in [2.75, 3.05) is 0 Å². The quantitative estimate of drug-likeness (QED) is 0.683. The Morgan fingerprint density at radius 1 is 0.944 bits per heavy atom. The molecular formula is C13H8Br3FO. The number of benzene rings is 2. The summed E-state index contributed by atoms with van der Waals surface area (Å²) in [6.07, 6.45) is -0.994. The molecule has 0 amide bonds. The number of aliphatic hydroxyl groups is 1. The van der Waals surface area contributed by atoms with Gasteiger partial charge in [-0.1, -0.05) is 22.0 Å². The molecule has 2 rings (SSSR count). The molecule has 0 spiro atoms. The van der Waals surface area contributed by atoms with Crippen LogP contribution in [-0.4, -0.2) is 5.11 Å². The zero-order valence-electron chi connectivity index (χ0n) is 9.00. The highest BCUT2D eigenvalue weighted by molar-refractivity contribution is 9.13. The molecule has 2 aromatic carbocycles. The number of rotatable bonds is 2. The summed E-state index contributed by atoms with van der Waals surface area (Å²) in [6, 6.07) is 9.82. The van der Waals surface area contributed by atoms with E-state index in [1.807, 2.05) is 0 Å². The Hall–Kier alpha value is -0.230. The van der Waals surface area contributed by atoms with Crippen LogP contribution in [0.25, 0.3) is 0 Å². The van der Waals surface area contributed by atoms with Crippen LogP contribution >= 0.6 is 47.8 Å². The second kappa shape index (κ2) is 5.82. The van der Waals surface area contributed by atoms with Crippen molar-refractivity contribution in [3.8, 4) is 0 Å². The second-order valence-electron chi connectivity index (χ2n) is 3.74. The first-order valence-corrected chi connectivity index (χ1v) is 7.45. The fraction of sp³-hybridized carbons (Fsp3) is 0.0769. The second-order valence-corrected chi connectivity index (χ2v) is 6.37. The van der Waals surface area contributed by atoms with Crippen LogP contribution in [0.3, 0.4) is 0 Å². The van der Waals surface area contributed by atoms with Gasteiger partial charge in [-0.2, -0.15) is 0 Å². The minimum atomic E-state index is -0.994. The highest BCUT2D eigenvalue weighted by Gasteiger charge is 2.16. The third-order valence-corrected chi connectivity index (χ3v) is 4.88. The molecule has 1 unspecified atom stereocenters. The Morgan fingerprint density at radius 2 is 1.67 bits per heavy atom. The van der Waals surface area contributed by atoms with Crippen molar-refractivity contribution in [3.63, 3.8) is 0 Å². The molecule has 0 saturated carbocycles. The predicted octanol–water partition coefficient (Wildman–Crippen LogP) is 5.19. The van der Waals surface area contributed by atoms with E-state index in [9.17, 15) is 9.50 Å². The Kier molecular flexibility index (Phi) is 4.59. The van der Waals surface area contributed by atoms with E-state index in [4.69, 9.17) is 0 Å². The van der Waals surface area contributed by atoms with Gasteiger partial charge in [-0.05, 0) is 67.8 Å². The van der Waals surface area contributed by atoms with Crippen molar-refractivity contribution in [3.05, 3.63) is 66.8 Å². The van der Waals surface area contributed by atoms with Gasteiger partial charge in [0.2, 0.25) is 0 Å². The van der Waals surface area contributed by atoms with Gasteiger partial charge in [-0.25, -0.2) is 4.39 Å². The molecule has 0 saturated heterocycles. The van der Waals surface area contributed by atoms with E-state index >= 15 is 0 Å². The number of aliphatic hydroxyl groups excluding tert-OH is 1. The van der Waals surface area contributed by atoms with Crippen LogP contribution in [0.1, 0.15) is 17.2 Å². The summed E-state index contributed by atoms with van der Waals surface area (Å²) in [5.41, 5.74) is 0.876. The minimum absolute atomic E-state index is 0.249. The average molecular weight is 439 g/mol. The summed E-state index contributed by atoms with van der Waals surface area (Å²) in [6.45, 7) is 0. The Balaban J connectivity index is 2.44. The van der Waals surface area contributed by atoms with E-state index < -0.39 is 11.9 Å². The van der Waals surface area contributed by atoms with Crippen LogP contribution in [0.5, 0.6) is 0 Å². The fourth-order valence-electron chi connectivity index (χ4n) is 1.59. The lowest BCUT2D eigenvalue weighted by Gasteiger charge is -2.13. The van der Waals surface area contributed by atoms with Gasteiger partial charge in [-0.3, -0.25) is 0 Å². The van der Waals surface area contributed by atoms with E-state index in [1.54, 1.807) is 30.3 Å². The Bertz CT molecular complexity index is 586. The molecule has 1 atom stereocenters. The third kappa shape index (κ3) is 3.02. The molecule has 0 aliphatic rings. The maximum atomic E-state index is 13.7. The van der Waals surface area contributed by atoms with Gasteiger partial charge in [0.25, 0.3) is 0 Å². The molecule has 0 heterocycles. The number of hydrogen-bond acceptors (Lipinski definition) is 1. The molecule has 0 fully saturated rings. The zero-order valence-corrected chi connectivity index (χ0v) is 13.8. The van der Waals surface area contributed by atoms with Crippen LogP contribution in [0.2, 0.25) is 0 Å². The molecule has 0 bridgehead atoms. The van der Waals surface area contributed by atoms with Crippen molar-refractivity contribution in [1.29, 1.82) is 0 Å². The topological polar surface area (TPSA) is 20.2 Å². The van der Waals surface area contributed by atoms with Crippen molar-refractivity contribution in [2.45, 2.75) is 6.10 Å². The summed E-state index contributed by atoms with van der Waals surface area (Å²) in [7, 11) is 0. The lowest BCUT2D eigenvalue weighted by molar-refractivity contribution is 0.215. The van der Waals surface area contributed by atoms with E-state index in [0.29, 0.717) is 5.56 Å². The highest BCUT2D eigenvalue weighted by atomic mass is 79.9. The lowest BCUT2D eigenvalue weighted by atomic mass is 10.0. The fourth-order valence-corrected chi connectivity index (χ4v) is 2.61. The number of halogens is 4. The molecule has 0 aliphatic carbocycles. The van der Waals surface area contributed by atoms with Gasteiger partial charge in [0.05, 0.1) is 0 Å². The summed E-state index contributed by atoms with van der Waals surface area (Å²) in [4.78, 5) is 0. The molecule has 0 radical (unpaired) electrons. The standard InChI is InChI=1S/C13H8Br3FO/c14-8-2-4-12(17)9(6-8)13(18)7-1-3-10(15)11(16)5-7/h1-6,13,18H. The van der Waals surface area contributed by atoms with E-state index in [-0.39, 0.29) is 5.56 Å². The van der Waals surface area contributed by atoms with E-state index in [2.05, 4.69) is 47.8 Å². The van der Waals surface area contributed by atoms with Crippen LogP contribution in [-0.2, 0) is 0 Å². The van der Waals surface area contributed by atoms with Crippen molar-refractivity contribution in [2.24, 2.45) is 0 Å². The molecule has 0 aromatic heterocycles. The Morgan fingerprint density at radius 3 is 2.33 bits per heavy atom. The van der Waals surface area contributed by atoms with Crippen LogP contribution < -0.4 is 0 Å². The summed E-state index contributed by atoms with van der Waals surface area (Å²) in [5, 5.41) is 10.2. The largest absolute Gasteiger partial charge is 0.384 e. The molecule has 1 nitrogen and oxygen atoms in total. The van der Waals surface area contributed by atoms with Gasteiger partial charge in [0, 0.05) is 19.0 Å². The summed E-state index contributed by atoms with van der Waals surface area (Å²) < 4.78 is 16.1. The normalized spacial score (nSPS) is 12.5. The van der Waals surface area contributed by atoms with Gasteiger partial charge < -0.3 is 5.11 Å². The van der Waals surface area contributed by atoms with Crippen molar-refractivity contribution < 1.29 is 9.50 Å². The molecule has 18 heavy (non-hydrogen) atoms. The Labute approximate surface area is 129 Å². The van der Waals surface area contributed by atoms with E-state index in [0.717, 1.165) is 13.4 Å². The molecule has 1 N–H and O–H groups in total. The first-order chi connectivity index (χ1) is 8.49. The first-order valence-electron chi connectivity index (χ1n) is 5.07. The first kappa shape index (κ1) is 14.2. The smallest absolute Gasteiger partial charge is 0.129 e. The van der Waals surface area contributed by atoms with Gasteiger partial charge >= 0.3 is 0 Å². The average Bonchev–Trinajstić information content (AvgIpc) is 2.35. The van der Waals surface area contributed by atoms with Gasteiger partial charge in [0.1, 0.15) is 11.9 Å². The molecular weight excluding hydrogens is 431 g/mol. The van der Waals surface area contributed by atoms with Gasteiger partial charge in [-0.15, -0.1) is 0 Å². The lowest BCUT2D eigenvalue weighted by Crippen LogP contribution is -2.02. The van der Waals surface area contributed by atoms with Gasteiger partial charge in [0.15, 0.2) is 0 Å². The molecule has 5 heteroatoms. The summed E-state index contributed by atoms with van der Waals surface area (Å²) in [5.74, 6) is -0.426. The number of hydrogen-bond donors (Lipinski definition) is 1. The van der Waals surface area contributed by atoms with Crippen molar-refractivity contribution >= 4 is 47.8 Å². The maximum Gasteiger partial charge on any atom is 0.129 e. The molecule has 94 valence electrons. The third-order valence-electron chi connectivity index (χ3n) is 2.51. The summed E-state index contributed by atoms with van der Waals surface area (Å²) >= 11 is 9.98. The van der Waals surface area contributed by atoms with E-state index in [1.165, 1.54) is 6.07 Å². The maximum absolute atomic E-state index is 13.7. The highest BCUT2D eigenvalue weighted by Crippen LogP contribution is 2.31. The van der Waals surface area contributed by atoms with Crippen LogP contribution in [0.4, 0.5) is 4.39 Å². The van der Waals surface area contributed by atoms with Crippen LogP contribution in [0, 0.1) is 5.82 Å². The molecule has 2 aromatic rings. The minimum Gasteiger partial charge on any atom is -0.384 e. The van der Waals surface area contributed by atoms with Crippen LogP contribution in [0.15, 0.2) is 49.8 Å².